The Kier molecular flexibility index (Phi) is 4.65. The molecule has 1 fully saturated rings. The molecule has 110 valence electrons. The van der Waals surface area contributed by atoms with Crippen LogP contribution < -0.4 is 4.74 Å². The lowest BCUT2D eigenvalue weighted by Gasteiger charge is -2.18. The number of carboxylic acids is 1. The van der Waals surface area contributed by atoms with E-state index in [0.717, 1.165) is 30.7 Å². The third-order valence-electron chi connectivity index (χ3n) is 3.74. The predicted octanol–water partition coefficient (Wildman–Crippen LogP) is 2.73. The zero-order valence-electron chi connectivity index (χ0n) is 12.4. The Labute approximate surface area is 120 Å². The number of aliphatic carboxylic acids is 1. The molecule has 1 saturated carbocycles. The molecule has 4 heteroatoms. The number of hydrogen-bond acceptors (Lipinski definition) is 3. The minimum atomic E-state index is -0.723. The summed E-state index contributed by atoms with van der Waals surface area (Å²) in [7, 11) is 5.70. The molecule has 1 aromatic rings. The predicted molar refractivity (Wildman–Crippen MR) is 78.1 cm³/mol. The first-order chi connectivity index (χ1) is 9.49. The molecular formula is C16H23NO3. The molecule has 20 heavy (non-hydrogen) atoms. The van der Waals surface area contributed by atoms with E-state index in [0.29, 0.717) is 5.92 Å². The van der Waals surface area contributed by atoms with Crippen LogP contribution in [0.2, 0.25) is 0 Å². The van der Waals surface area contributed by atoms with Gasteiger partial charge in [-0.1, -0.05) is 6.07 Å². The second-order valence-corrected chi connectivity index (χ2v) is 5.89. The van der Waals surface area contributed by atoms with Gasteiger partial charge in [0.25, 0.3) is 0 Å². The van der Waals surface area contributed by atoms with E-state index in [1.54, 1.807) is 7.11 Å². The van der Waals surface area contributed by atoms with Gasteiger partial charge >= 0.3 is 5.97 Å². The summed E-state index contributed by atoms with van der Waals surface area (Å²) in [6.45, 7) is 0.828. The molecular weight excluding hydrogens is 254 g/mol. The Morgan fingerprint density at radius 3 is 2.60 bits per heavy atom. The molecule has 1 aliphatic carbocycles. The number of benzene rings is 1. The van der Waals surface area contributed by atoms with Gasteiger partial charge in [-0.05, 0) is 62.0 Å². The van der Waals surface area contributed by atoms with Crippen LogP contribution in [0.3, 0.4) is 0 Å². The zero-order valence-corrected chi connectivity index (χ0v) is 12.4. The highest BCUT2D eigenvalue weighted by molar-refractivity contribution is 5.68. The van der Waals surface area contributed by atoms with Crippen molar-refractivity contribution in [3.8, 4) is 5.75 Å². The molecule has 1 aromatic carbocycles. The monoisotopic (exact) mass is 277 g/mol. The average Bonchev–Trinajstić information content (AvgIpc) is 3.18. The van der Waals surface area contributed by atoms with E-state index in [-0.39, 0.29) is 12.3 Å². The van der Waals surface area contributed by atoms with Crippen LogP contribution in [0.5, 0.6) is 5.75 Å². The van der Waals surface area contributed by atoms with Crippen LogP contribution in [-0.2, 0) is 11.3 Å². The van der Waals surface area contributed by atoms with Crippen LogP contribution in [0.1, 0.15) is 36.3 Å². The lowest BCUT2D eigenvalue weighted by Crippen LogP contribution is -2.13. The van der Waals surface area contributed by atoms with Crippen molar-refractivity contribution < 1.29 is 14.6 Å². The first-order valence-electron chi connectivity index (χ1n) is 7.04. The van der Waals surface area contributed by atoms with E-state index in [2.05, 4.69) is 11.0 Å². The van der Waals surface area contributed by atoms with Gasteiger partial charge in [0.15, 0.2) is 0 Å². The molecule has 1 atom stereocenters. The van der Waals surface area contributed by atoms with Crippen LogP contribution in [-0.4, -0.2) is 37.2 Å². The van der Waals surface area contributed by atoms with Gasteiger partial charge in [-0.25, -0.2) is 0 Å². The Balaban J connectivity index is 2.29. The smallest absolute Gasteiger partial charge is 0.303 e. The number of methoxy groups -OCH3 is 1. The van der Waals surface area contributed by atoms with E-state index in [4.69, 9.17) is 9.84 Å². The fraction of sp³-hybridized carbons (Fsp3) is 0.562. The second-order valence-electron chi connectivity index (χ2n) is 5.89. The summed E-state index contributed by atoms with van der Waals surface area (Å²) in [5, 5.41) is 9.12. The first kappa shape index (κ1) is 14.9. The van der Waals surface area contributed by atoms with Crippen LogP contribution in [0.15, 0.2) is 18.2 Å². The Morgan fingerprint density at radius 2 is 2.10 bits per heavy atom. The normalized spacial score (nSPS) is 16.2. The SMILES string of the molecule is COc1cc(CN(C)C)cc(C(CC(=O)O)C2CC2)c1. The molecule has 0 bridgehead atoms. The van der Waals surface area contributed by atoms with Gasteiger partial charge in [-0.2, -0.15) is 0 Å². The maximum absolute atomic E-state index is 11.1. The van der Waals surface area contributed by atoms with Crippen molar-refractivity contribution in [3.63, 3.8) is 0 Å². The van der Waals surface area contributed by atoms with Gasteiger partial charge in [0.1, 0.15) is 5.75 Å². The molecule has 2 rings (SSSR count). The Bertz CT molecular complexity index is 481. The van der Waals surface area contributed by atoms with Crippen molar-refractivity contribution >= 4 is 5.97 Å². The number of carboxylic acid groups (broad SMARTS) is 1. The molecule has 0 saturated heterocycles. The number of rotatable bonds is 7. The molecule has 1 unspecified atom stereocenters. The van der Waals surface area contributed by atoms with Crippen LogP contribution in [0.25, 0.3) is 0 Å². The quantitative estimate of drug-likeness (QED) is 0.832. The summed E-state index contributed by atoms with van der Waals surface area (Å²) in [6.07, 6.45) is 2.48. The highest BCUT2D eigenvalue weighted by atomic mass is 16.5. The summed E-state index contributed by atoms with van der Waals surface area (Å²) < 4.78 is 5.37. The molecule has 0 aliphatic heterocycles. The molecule has 1 N–H and O–H groups in total. The van der Waals surface area contributed by atoms with Gasteiger partial charge in [-0.3, -0.25) is 4.79 Å². The topological polar surface area (TPSA) is 49.8 Å². The molecule has 1 aliphatic rings. The van der Waals surface area contributed by atoms with Crippen molar-refractivity contribution in [3.05, 3.63) is 29.3 Å². The average molecular weight is 277 g/mol. The summed E-state index contributed by atoms with van der Waals surface area (Å²) in [5.41, 5.74) is 2.27. The van der Waals surface area contributed by atoms with Crippen molar-refractivity contribution in [1.29, 1.82) is 0 Å². The Morgan fingerprint density at radius 1 is 1.40 bits per heavy atom. The second kappa shape index (κ2) is 6.27. The highest BCUT2D eigenvalue weighted by Gasteiger charge is 2.34. The molecule has 0 spiro atoms. The number of carbonyl (C=O) groups is 1. The fourth-order valence-corrected chi connectivity index (χ4v) is 2.72. The van der Waals surface area contributed by atoms with Crippen LogP contribution in [0, 0.1) is 5.92 Å². The van der Waals surface area contributed by atoms with E-state index in [9.17, 15) is 4.79 Å². The minimum absolute atomic E-state index is 0.114. The Hall–Kier alpha value is -1.55. The fourth-order valence-electron chi connectivity index (χ4n) is 2.72. The molecule has 0 heterocycles. The zero-order chi connectivity index (χ0) is 14.7. The van der Waals surface area contributed by atoms with Gasteiger partial charge < -0.3 is 14.7 Å². The summed E-state index contributed by atoms with van der Waals surface area (Å²) in [4.78, 5) is 13.2. The lowest BCUT2D eigenvalue weighted by molar-refractivity contribution is -0.137. The number of hydrogen-bond donors (Lipinski definition) is 1. The van der Waals surface area contributed by atoms with Gasteiger partial charge in [0, 0.05) is 6.54 Å². The minimum Gasteiger partial charge on any atom is -0.497 e. The third kappa shape index (κ3) is 3.97. The van der Waals surface area contributed by atoms with Crippen molar-refractivity contribution in [1.82, 2.24) is 4.90 Å². The van der Waals surface area contributed by atoms with Crippen molar-refractivity contribution in [2.75, 3.05) is 21.2 Å². The van der Waals surface area contributed by atoms with E-state index >= 15 is 0 Å². The largest absolute Gasteiger partial charge is 0.497 e. The number of ether oxygens (including phenoxy) is 1. The first-order valence-corrected chi connectivity index (χ1v) is 7.04. The van der Waals surface area contributed by atoms with E-state index in [1.165, 1.54) is 5.56 Å². The molecule has 4 nitrogen and oxygen atoms in total. The van der Waals surface area contributed by atoms with Gasteiger partial charge in [-0.15, -0.1) is 0 Å². The van der Waals surface area contributed by atoms with E-state index < -0.39 is 5.97 Å². The lowest BCUT2D eigenvalue weighted by atomic mass is 9.89. The third-order valence-corrected chi connectivity index (χ3v) is 3.74. The summed E-state index contributed by atoms with van der Waals surface area (Å²) >= 11 is 0. The maximum Gasteiger partial charge on any atom is 0.303 e. The van der Waals surface area contributed by atoms with Gasteiger partial charge in [0.05, 0.1) is 13.5 Å². The standard InChI is InChI=1S/C16H23NO3/c1-17(2)10-11-6-13(8-14(7-11)20-3)15(9-16(18)19)12-4-5-12/h6-8,12,15H,4-5,9-10H2,1-3H3,(H,18,19). The summed E-state index contributed by atoms with van der Waals surface area (Å²) in [6, 6.07) is 6.15. The van der Waals surface area contributed by atoms with Crippen molar-refractivity contribution in [2.24, 2.45) is 5.92 Å². The van der Waals surface area contributed by atoms with Gasteiger partial charge in [0.2, 0.25) is 0 Å². The van der Waals surface area contributed by atoms with Crippen LogP contribution >= 0.6 is 0 Å². The molecule has 0 aromatic heterocycles. The molecule has 0 amide bonds. The van der Waals surface area contributed by atoms with Crippen LogP contribution in [0.4, 0.5) is 0 Å². The maximum atomic E-state index is 11.1. The summed E-state index contributed by atoms with van der Waals surface area (Å²) in [5.74, 6) is 0.725. The number of nitrogens with zero attached hydrogens (tertiary/aromatic N) is 1. The van der Waals surface area contributed by atoms with Crippen molar-refractivity contribution in [2.45, 2.75) is 31.7 Å². The highest BCUT2D eigenvalue weighted by Crippen LogP contribution is 2.45. The van der Waals surface area contributed by atoms with E-state index in [1.807, 2.05) is 26.2 Å². The molecule has 0 radical (unpaired) electrons.